The Hall–Kier alpha value is -3.18. The summed E-state index contributed by atoms with van der Waals surface area (Å²) in [5, 5.41) is 7.54. The van der Waals surface area contributed by atoms with Crippen molar-refractivity contribution in [1.29, 1.82) is 0 Å². The number of hydrogen-bond acceptors (Lipinski definition) is 3. The third-order valence-corrected chi connectivity index (χ3v) is 5.04. The maximum absolute atomic E-state index is 12.8. The van der Waals surface area contributed by atoms with Gasteiger partial charge in [0.2, 0.25) is 0 Å². The summed E-state index contributed by atoms with van der Waals surface area (Å²) < 4.78 is 0. The Balaban J connectivity index is 1.82. The topological polar surface area (TPSA) is 58.2 Å². The van der Waals surface area contributed by atoms with Crippen LogP contribution in [0, 0.1) is 6.92 Å². The minimum absolute atomic E-state index is 0.202. The third-order valence-electron chi connectivity index (χ3n) is 4.22. The first-order valence-corrected chi connectivity index (χ1v) is 9.96. The van der Waals surface area contributed by atoms with Crippen LogP contribution in [0.2, 0.25) is 0 Å². The normalized spacial score (nSPS) is 11.1. The predicted molar refractivity (Wildman–Crippen MR) is 115 cm³/mol. The van der Waals surface area contributed by atoms with Crippen molar-refractivity contribution >= 4 is 34.9 Å². The number of thiophene rings is 1. The van der Waals surface area contributed by atoms with Crippen molar-refractivity contribution in [3.8, 4) is 0 Å². The molecule has 0 bridgehead atoms. The molecule has 0 fully saturated rings. The van der Waals surface area contributed by atoms with Gasteiger partial charge in [0.1, 0.15) is 5.70 Å². The molecule has 3 rings (SSSR count). The molecule has 3 aromatic rings. The van der Waals surface area contributed by atoms with Crippen LogP contribution in [0.1, 0.15) is 33.3 Å². The van der Waals surface area contributed by atoms with Crippen molar-refractivity contribution in [2.45, 2.75) is 20.3 Å². The van der Waals surface area contributed by atoms with E-state index in [-0.39, 0.29) is 17.5 Å². The monoisotopic (exact) mass is 390 g/mol. The molecule has 0 saturated heterocycles. The first-order chi connectivity index (χ1) is 13.5. The maximum Gasteiger partial charge on any atom is 0.272 e. The first kappa shape index (κ1) is 19.6. The van der Waals surface area contributed by atoms with E-state index >= 15 is 0 Å². The fourth-order valence-corrected chi connectivity index (χ4v) is 3.33. The van der Waals surface area contributed by atoms with E-state index < -0.39 is 0 Å². The average molecular weight is 391 g/mol. The SMILES string of the molecule is CCc1ccc(NC(=O)/C(=C/c2cccs2)NC(=O)c2cccc(C)c2)cc1. The van der Waals surface area contributed by atoms with E-state index in [0.29, 0.717) is 11.3 Å². The lowest BCUT2D eigenvalue weighted by molar-refractivity contribution is -0.113. The molecule has 0 saturated carbocycles. The largest absolute Gasteiger partial charge is 0.321 e. The van der Waals surface area contributed by atoms with Crippen LogP contribution < -0.4 is 10.6 Å². The molecule has 0 aliphatic carbocycles. The Kier molecular flexibility index (Phi) is 6.40. The lowest BCUT2D eigenvalue weighted by atomic mass is 10.1. The molecular formula is C23H22N2O2S. The summed E-state index contributed by atoms with van der Waals surface area (Å²) in [6, 6.07) is 18.7. The summed E-state index contributed by atoms with van der Waals surface area (Å²) in [5.41, 5.74) is 3.58. The van der Waals surface area contributed by atoms with Crippen LogP contribution in [0.25, 0.3) is 6.08 Å². The van der Waals surface area contributed by atoms with Gasteiger partial charge in [0.25, 0.3) is 11.8 Å². The molecule has 2 aromatic carbocycles. The van der Waals surface area contributed by atoms with E-state index in [1.54, 1.807) is 18.2 Å². The summed E-state index contributed by atoms with van der Waals surface area (Å²) in [6.45, 7) is 4.00. The molecule has 0 aliphatic rings. The third kappa shape index (κ3) is 5.18. The number of hydrogen-bond donors (Lipinski definition) is 2. The van der Waals surface area contributed by atoms with Crippen LogP contribution in [0.15, 0.2) is 71.7 Å². The molecule has 0 spiro atoms. The summed E-state index contributed by atoms with van der Waals surface area (Å²) in [7, 11) is 0. The fourth-order valence-electron chi connectivity index (χ4n) is 2.68. The smallest absolute Gasteiger partial charge is 0.272 e. The van der Waals surface area contributed by atoms with Gasteiger partial charge in [0, 0.05) is 16.1 Å². The van der Waals surface area contributed by atoms with Gasteiger partial charge in [-0.1, -0.05) is 42.8 Å². The molecule has 2 amide bonds. The number of amides is 2. The van der Waals surface area contributed by atoms with Gasteiger partial charge < -0.3 is 10.6 Å². The minimum Gasteiger partial charge on any atom is -0.321 e. The predicted octanol–water partition coefficient (Wildman–Crippen LogP) is 5.03. The Morgan fingerprint density at radius 2 is 1.82 bits per heavy atom. The van der Waals surface area contributed by atoms with E-state index in [9.17, 15) is 9.59 Å². The highest BCUT2D eigenvalue weighted by Crippen LogP contribution is 2.16. The highest BCUT2D eigenvalue weighted by molar-refractivity contribution is 7.10. The van der Waals surface area contributed by atoms with Crippen molar-refractivity contribution < 1.29 is 9.59 Å². The van der Waals surface area contributed by atoms with Crippen molar-refractivity contribution in [2.24, 2.45) is 0 Å². The second-order valence-corrected chi connectivity index (χ2v) is 7.38. The van der Waals surface area contributed by atoms with E-state index in [2.05, 4.69) is 17.6 Å². The van der Waals surface area contributed by atoms with Crippen LogP contribution in [0.5, 0.6) is 0 Å². The Morgan fingerprint density at radius 3 is 2.46 bits per heavy atom. The highest BCUT2D eigenvalue weighted by atomic mass is 32.1. The molecule has 0 unspecified atom stereocenters. The zero-order valence-corrected chi connectivity index (χ0v) is 16.7. The summed E-state index contributed by atoms with van der Waals surface area (Å²) >= 11 is 1.50. The lowest BCUT2D eigenvalue weighted by Gasteiger charge is -2.11. The van der Waals surface area contributed by atoms with Crippen LogP contribution in [0.4, 0.5) is 5.69 Å². The van der Waals surface area contributed by atoms with Crippen LogP contribution >= 0.6 is 11.3 Å². The molecule has 1 heterocycles. The Labute approximate surface area is 168 Å². The molecule has 0 aliphatic heterocycles. The van der Waals surface area contributed by atoms with Crippen LogP contribution in [-0.2, 0) is 11.2 Å². The number of benzene rings is 2. The number of nitrogens with one attached hydrogen (secondary N) is 2. The van der Waals surface area contributed by atoms with Gasteiger partial charge in [-0.3, -0.25) is 9.59 Å². The van der Waals surface area contributed by atoms with E-state index in [1.165, 1.54) is 16.9 Å². The number of rotatable bonds is 6. The van der Waals surface area contributed by atoms with Crippen molar-refractivity contribution in [3.63, 3.8) is 0 Å². The van der Waals surface area contributed by atoms with Gasteiger partial charge in [0.15, 0.2) is 0 Å². The number of aryl methyl sites for hydroxylation is 2. The lowest BCUT2D eigenvalue weighted by Crippen LogP contribution is -2.30. The van der Waals surface area contributed by atoms with Gasteiger partial charge in [0.05, 0.1) is 0 Å². The van der Waals surface area contributed by atoms with Crippen molar-refractivity contribution in [1.82, 2.24) is 5.32 Å². The Bertz CT molecular complexity index is 990. The highest BCUT2D eigenvalue weighted by Gasteiger charge is 2.15. The number of carbonyl (C=O) groups is 2. The van der Waals surface area contributed by atoms with Gasteiger partial charge >= 0.3 is 0 Å². The second-order valence-electron chi connectivity index (χ2n) is 6.40. The molecule has 142 valence electrons. The number of anilines is 1. The zero-order valence-electron chi connectivity index (χ0n) is 15.9. The fraction of sp³-hybridized carbons (Fsp3) is 0.130. The minimum atomic E-state index is -0.362. The van der Waals surface area contributed by atoms with Crippen LogP contribution in [0.3, 0.4) is 0 Å². The second kappa shape index (κ2) is 9.15. The van der Waals surface area contributed by atoms with Gasteiger partial charge in [-0.05, 0) is 60.7 Å². The first-order valence-electron chi connectivity index (χ1n) is 9.08. The van der Waals surface area contributed by atoms with E-state index in [4.69, 9.17) is 0 Å². The quantitative estimate of drug-likeness (QED) is 0.580. The Morgan fingerprint density at radius 1 is 1.04 bits per heavy atom. The molecule has 4 nitrogen and oxygen atoms in total. The van der Waals surface area contributed by atoms with Gasteiger partial charge in [-0.2, -0.15) is 0 Å². The number of carbonyl (C=O) groups excluding carboxylic acids is 2. The van der Waals surface area contributed by atoms with Gasteiger partial charge in [-0.15, -0.1) is 11.3 Å². The molecular weight excluding hydrogens is 368 g/mol. The van der Waals surface area contributed by atoms with Crippen molar-refractivity contribution in [2.75, 3.05) is 5.32 Å². The summed E-state index contributed by atoms with van der Waals surface area (Å²) in [4.78, 5) is 26.4. The van der Waals surface area contributed by atoms with Gasteiger partial charge in [-0.25, -0.2) is 0 Å². The van der Waals surface area contributed by atoms with E-state index in [1.807, 2.05) is 60.8 Å². The zero-order chi connectivity index (χ0) is 19.9. The van der Waals surface area contributed by atoms with E-state index in [0.717, 1.165) is 16.9 Å². The molecule has 2 N–H and O–H groups in total. The average Bonchev–Trinajstić information content (AvgIpc) is 3.21. The summed E-state index contributed by atoms with van der Waals surface area (Å²) in [6.07, 6.45) is 2.62. The maximum atomic E-state index is 12.8. The molecule has 0 atom stereocenters. The molecule has 5 heteroatoms. The molecule has 0 radical (unpaired) electrons. The molecule has 28 heavy (non-hydrogen) atoms. The summed E-state index contributed by atoms with van der Waals surface area (Å²) in [5.74, 6) is -0.679. The standard InChI is InChI=1S/C23H22N2O2S/c1-3-17-9-11-19(12-10-17)24-23(27)21(15-20-8-5-13-28-20)25-22(26)18-7-4-6-16(2)14-18/h4-15H,3H2,1-2H3,(H,24,27)(H,25,26)/b21-15-. The van der Waals surface area contributed by atoms with Crippen molar-refractivity contribution in [3.05, 3.63) is 93.3 Å². The van der Waals surface area contributed by atoms with Crippen LogP contribution in [-0.4, -0.2) is 11.8 Å². The molecule has 1 aromatic heterocycles.